The molecule has 4 heteroatoms. The topological polar surface area (TPSA) is 57.5 Å². The van der Waals surface area contributed by atoms with Crippen molar-refractivity contribution in [1.82, 2.24) is 0 Å². The van der Waals surface area contributed by atoms with Crippen LogP contribution in [0.15, 0.2) is 22.7 Å². The molecule has 1 fully saturated rings. The summed E-state index contributed by atoms with van der Waals surface area (Å²) < 4.78 is 0.617. The molecule has 1 aliphatic rings. The smallest absolute Gasteiger partial charge is 0.307 e. The fourth-order valence-electron chi connectivity index (χ4n) is 1.64. The van der Waals surface area contributed by atoms with Crippen molar-refractivity contribution in [3.63, 3.8) is 0 Å². The quantitative estimate of drug-likeness (QED) is 0.854. The summed E-state index contributed by atoms with van der Waals surface area (Å²) in [5.74, 6) is -0.962. The summed E-state index contributed by atoms with van der Waals surface area (Å²) in [5.41, 5.74) is 0.728. The van der Waals surface area contributed by atoms with Crippen molar-refractivity contribution in [2.75, 3.05) is 0 Å². The van der Waals surface area contributed by atoms with Crippen LogP contribution in [-0.2, 0) is 4.79 Å². The van der Waals surface area contributed by atoms with E-state index in [0.717, 1.165) is 5.56 Å². The fraction of sp³-hybridized carbons (Fsp3) is 0.300. The van der Waals surface area contributed by atoms with Gasteiger partial charge in [0.05, 0.1) is 10.4 Å². The zero-order valence-corrected chi connectivity index (χ0v) is 8.86. The van der Waals surface area contributed by atoms with Gasteiger partial charge in [-0.25, -0.2) is 0 Å². The summed E-state index contributed by atoms with van der Waals surface area (Å²) in [6.45, 7) is 0. The highest BCUT2D eigenvalue weighted by Crippen LogP contribution is 2.51. The number of carboxylic acids is 1. The number of carbonyl (C=O) groups is 1. The molecule has 74 valence electrons. The molecular formula is C10H9BrO3. The third-order valence-electron chi connectivity index (χ3n) is 2.53. The van der Waals surface area contributed by atoms with E-state index in [0.29, 0.717) is 10.9 Å². The number of benzene rings is 1. The minimum absolute atomic E-state index is 0.0231. The summed E-state index contributed by atoms with van der Waals surface area (Å²) in [6, 6.07) is 5.31. The van der Waals surface area contributed by atoms with Gasteiger partial charge < -0.3 is 10.2 Å². The average Bonchev–Trinajstić information content (AvgIpc) is 2.89. The maximum atomic E-state index is 10.6. The van der Waals surface area contributed by atoms with Gasteiger partial charge in [0.25, 0.3) is 0 Å². The SMILES string of the molecule is O=C(O)[C@@H]1C[C@H]1c1cccc(Br)c1O. The van der Waals surface area contributed by atoms with Gasteiger partial charge in [-0.05, 0) is 34.0 Å². The van der Waals surface area contributed by atoms with E-state index in [9.17, 15) is 9.90 Å². The van der Waals surface area contributed by atoms with Crippen LogP contribution in [0, 0.1) is 5.92 Å². The Morgan fingerprint density at radius 1 is 1.50 bits per heavy atom. The van der Waals surface area contributed by atoms with Gasteiger partial charge in [0, 0.05) is 5.92 Å². The van der Waals surface area contributed by atoms with E-state index in [-0.39, 0.29) is 17.6 Å². The van der Waals surface area contributed by atoms with Crippen molar-refractivity contribution in [1.29, 1.82) is 0 Å². The maximum absolute atomic E-state index is 10.6. The first-order valence-corrected chi connectivity index (χ1v) is 5.10. The summed E-state index contributed by atoms with van der Waals surface area (Å²) in [7, 11) is 0. The van der Waals surface area contributed by atoms with Gasteiger partial charge >= 0.3 is 5.97 Å². The monoisotopic (exact) mass is 256 g/mol. The molecule has 1 saturated carbocycles. The largest absolute Gasteiger partial charge is 0.506 e. The van der Waals surface area contributed by atoms with Crippen LogP contribution in [0.3, 0.4) is 0 Å². The molecule has 0 heterocycles. The van der Waals surface area contributed by atoms with E-state index in [1.807, 2.05) is 0 Å². The lowest BCUT2D eigenvalue weighted by Gasteiger charge is -2.03. The van der Waals surface area contributed by atoms with Gasteiger partial charge in [0.2, 0.25) is 0 Å². The van der Waals surface area contributed by atoms with E-state index in [1.54, 1.807) is 18.2 Å². The number of para-hydroxylation sites is 1. The van der Waals surface area contributed by atoms with Crippen LogP contribution in [0.25, 0.3) is 0 Å². The van der Waals surface area contributed by atoms with Crippen LogP contribution < -0.4 is 0 Å². The number of aliphatic carboxylic acids is 1. The Morgan fingerprint density at radius 2 is 2.21 bits per heavy atom. The fourth-order valence-corrected chi connectivity index (χ4v) is 2.02. The van der Waals surface area contributed by atoms with E-state index < -0.39 is 5.97 Å². The molecule has 0 radical (unpaired) electrons. The summed E-state index contributed by atoms with van der Waals surface area (Å²) in [4.78, 5) is 10.6. The lowest BCUT2D eigenvalue weighted by molar-refractivity contribution is -0.138. The Hall–Kier alpha value is -1.03. The molecule has 0 aliphatic heterocycles. The molecule has 0 unspecified atom stereocenters. The second-order valence-electron chi connectivity index (χ2n) is 3.46. The number of halogens is 1. The number of carboxylic acid groups (broad SMARTS) is 1. The standard InChI is InChI=1S/C10H9BrO3/c11-8-3-1-2-5(9(8)12)6-4-7(6)10(13)14/h1-3,6-7,12H,4H2,(H,13,14)/t6-,7+/m0/s1. The van der Waals surface area contributed by atoms with E-state index in [1.165, 1.54) is 0 Å². The van der Waals surface area contributed by atoms with Gasteiger partial charge in [0.1, 0.15) is 5.75 Å². The first-order chi connectivity index (χ1) is 6.61. The zero-order valence-electron chi connectivity index (χ0n) is 7.27. The molecule has 2 rings (SSSR count). The van der Waals surface area contributed by atoms with Gasteiger partial charge in [-0.2, -0.15) is 0 Å². The van der Waals surface area contributed by atoms with Gasteiger partial charge in [-0.15, -0.1) is 0 Å². The minimum atomic E-state index is -0.783. The number of phenols is 1. The number of aromatic hydroxyl groups is 1. The summed E-state index contributed by atoms with van der Waals surface area (Å²) in [6.07, 6.45) is 0.624. The highest BCUT2D eigenvalue weighted by atomic mass is 79.9. The second-order valence-corrected chi connectivity index (χ2v) is 4.32. The van der Waals surface area contributed by atoms with Gasteiger partial charge in [0.15, 0.2) is 0 Å². The number of rotatable bonds is 2. The second kappa shape index (κ2) is 3.28. The molecule has 1 aromatic rings. The lowest BCUT2D eigenvalue weighted by atomic mass is 10.1. The van der Waals surface area contributed by atoms with Crippen molar-refractivity contribution in [3.8, 4) is 5.75 Å². The molecule has 2 atom stereocenters. The van der Waals surface area contributed by atoms with Crippen molar-refractivity contribution in [2.24, 2.45) is 5.92 Å². The molecule has 14 heavy (non-hydrogen) atoms. The van der Waals surface area contributed by atoms with Crippen LogP contribution >= 0.6 is 15.9 Å². The van der Waals surface area contributed by atoms with Crippen LogP contribution in [0.5, 0.6) is 5.75 Å². The Kier molecular flexibility index (Phi) is 2.23. The highest BCUT2D eigenvalue weighted by Gasteiger charge is 2.45. The molecular weight excluding hydrogens is 248 g/mol. The molecule has 3 nitrogen and oxygen atoms in total. The number of phenolic OH excluding ortho intramolecular Hbond substituents is 1. The maximum Gasteiger partial charge on any atom is 0.307 e. The third-order valence-corrected chi connectivity index (χ3v) is 3.17. The van der Waals surface area contributed by atoms with Gasteiger partial charge in [-0.3, -0.25) is 4.79 Å². The summed E-state index contributed by atoms with van der Waals surface area (Å²) >= 11 is 3.20. The van der Waals surface area contributed by atoms with E-state index in [2.05, 4.69) is 15.9 Å². The predicted octanol–water partition coefficient (Wildman–Crippen LogP) is 2.34. The molecule has 0 amide bonds. The minimum Gasteiger partial charge on any atom is -0.506 e. The molecule has 0 aromatic heterocycles. The van der Waals surface area contributed by atoms with Crippen molar-refractivity contribution in [2.45, 2.75) is 12.3 Å². The van der Waals surface area contributed by atoms with Crippen LogP contribution in [0.1, 0.15) is 17.9 Å². The Bertz CT molecular complexity index is 389. The highest BCUT2D eigenvalue weighted by molar-refractivity contribution is 9.10. The van der Waals surface area contributed by atoms with Crippen LogP contribution in [0.2, 0.25) is 0 Å². The van der Waals surface area contributed by atoms with Crippen molar-refractivity contribution in [3.05, 3.63) is 28.2 Å². The Labute approximate surface area is 89.5 Å². The van der Waals surface area contributed by atoms with Crippen LogP contribution in [0.4, 0.5) is 0 Å². The summed E-state index contributed by atoms with van der Waals surface area (Å²) in [5, 5.41) is 18.4. The average molecular weight is 257 g/mol. The Morgan fingerprint density at radius 3 is 2.79 bits per heavy atom. The van der Waals surface area contributed by atoms with Crippen LogP contribution in [-0.4, -0.2) is 16.2 Å². The first kappa shape index (κ1) is 9.52. The molecule has 0 spiro atoms. The molecule has 1 aliphatic carbocycles. The third kappa shape index (κ3) is 1.50. The van der Waals surface area contributed by atoms with Crippen molar-refractivity contribution >= 4 is 21.9 Å². The normalized spacial score (nSPS) is 24.6. The molecule has 0 bridgehead atoms. The molecule has 0 saturated heterocycles. The van der Waals surface area contributed by atoms with Gasteiger partial charge in [-0.1, -0.05) is 12.1 Å². The zero-order chi connectivity index (χ0) is 10.3. The Balaban J connectivity index is 2.27. The first-order valence-electron chi connectivity index (χ1n) is 4.31. The number of hydrogen-bond donors (Lipinski definition) is 2. The van der Waals surface area contributed by atoms with E-state index in [4.69, 9.17) is 5.11 Å². The van der Waals surface area contributed by atoms with Crippen molar-refractivity contribution < 1.29 is 15.0 Å². The number of hydrogen-bond acceptors (Lipinski definition) is 2. The molecule has 1 aromatic carbocycles. The molecule has 2 N–H and O–H groups in total. The lowest BCUT2D eigenvalue weighted by Crippen LogP contribution is -1.99. The predicted molar refractivity (Wildman–Crippen MR) is 54.3 cm³/mol. The van der Waals surface area contributed by atoms with E-state index >= 15 is 0 Å².